The monoisotopic (exact) mass is 448 g/mol. The van der Waals surface area contributed by atoms with Gasteiger partial charge in [-0.3, -0.25) is 9.91 Å². The molecule has 0 amide bonds. The Balaban J connectivity index is 1.53. The highest BCUT2D eigenvalue weighted by Crippen LogP contribution is 2.38. The summed E-state index contributed by atoms with van der Waals surface area (Å²) in [5.74, 6) is 0.988. The molecule has 0 aliphatic carbocycles. The molecule has 0 bridgehead atoms. The number of nitriles is 1. The van der Waals surface area contributed by atoms with Crippen molar-refractivity contribution in [3.05, 3.63) is 36.0 Å². The molecule has 10 heteroatoms. The number of anilines is 4. The standard InChI is InChI=1S/C23H32N10/c1-22(2)11-18(12-23(3,4)32(22)6)26-20-16(13-24)14-25-21(28-20)27-17-8-7-9-19(10-17)33-15-31(5)29-30-33/h7-10,14,18H,11-12,15H2,1-6H3,(H2,25,26,27,28). The van der Waals surface area contributed by atoms with Gasteiger partial charge in [0.15, 0.2) is 0 Å². The van der Waals surface area contributed by atoms with Crippen LogP contribution in [0.5, 0.6) is 0 Å². The van der Waals surface area contributed by atoms with Crippen molar-refractivity contribution in [3.63, 3.8) is 0 Å². The van der Waals surface area contributed by atoms with E-state index in [1.807, 2.05) is 31.3 Å². The summed E-state index contributed by atoms with van der Waals surface area (Å²) < 4.78 is 0. The number of nitrogens with zero attached hydrogens (tertiary/aromatic N) is 8. The van der Waals surface area contributed by atoms with Gasteiger partial charge in [-0.15, -0.1) is 0 Å². The van der Waals surface area contributed by atoms with Gasteiger partial charge in [0, 0.05) is 29.9 Å². The Morgan fingerprint density at radius 2 is 1.82 bits per heavy atom. The fourth-order valence-electron chi connectivity index (χ4n) is 4.67. The lowest BCUT2D eigenvalue weighted by atomic mass is 9.77. The van der Waals surface area contributed by atoms with Gasteiger partial charge in [-0.2, -0.15) is 10.2 Å². The first-order valence-corrected chi connectivity index (χ1v) is 11.1. The fraction of sp³-hybridized carbons (Fsp3) is 0.522. The summed E-state index contributed by atoms with van der Waals surface area (Å²) in [7, 11) is 4.05. The van der Waals surface area contributed by atoms with Gasteiger partial charge in [0.25, 0.3) is 0 Å². The van der Waals surface area contributed by atoms with Crippen LogP contribution < -0.4 is 15.6 Å². The number of rotatable bonds is 5. The third-order valence-corrected chi connectivity index (χ3v) is 6.60. The molecule has 2 N–H and O–H groups in total. The first-order valence-electron chi connectivity index (χ1n) is 11.1. The summed E-state index contributed by atoms with van der Waals surface area (Å²) in [6.45, 7) is 9.61. The van der Waals surface area contributed by atoms with Gasteiger partial charge in [-0.25, -0.2) is 9.99 Å². The second-order valence-corrected chi connectivity index (χ2v) is 10.1. The zero-order valence-corrected chi connectivity index (χ0v) is 20.2. The van der Waals surface area contributed by atoms with Crippen LogP contribution in [0, 0.1) is 11.3 Å². The first-order chi connectivity index (χ1) is 15.6. The maximum Gasteiger partial charge on any atom is 0.229 e. The summed E-state index contributed by atoms with van der Waals surface area (Å²) in [5.41, 5.74) is 2.23. The minimum absolute atomic E-state index is 0.0295. The van der Waals surface area contributed by atoms with E-state index in [4.69, 9.17) is 0 Å². The molecule has 0 saturated carbocycles. The van der Waals surface area contributed by atoms with E-state index in [-0.39, 0.29) is 17.1 Å². The third-order valence-electron chi connectivity index (χ3n) is 6.60. The van der Waals surface area contributed by atoms with Crippen molar-refractivity contribution in [2.24, 2.45) is 10.4 Å². The van der Waals surface area contributed by atoms with Crippen molar-refractivity contribution in [2.45, 2.75) is 57.7 Å². The van der Waals surface area contributed by atoms with Crippen LogP contribution in [-0.2, 0) is 0 Å². The average Bonchev–Trinajstić information content (AvgIpc) is 3.18. The molecule has 33 heavy (non-hydrogen) atoms. The Kier molecular flexibility index (Phi) is 5.84. The van der Waals surface area contributed by atoms with Crippen LogP contribution in [0.25, 0.3) is 0 Å². The van der Waals surface area contributed by atoms with Crippen molar-refractivity contribution in [3.8, 4) is 6.07 Å². The average molecular weight is 449 g/mol. The van der Waals surface area contributed by atoms with Crippen LogP contribution >= 0.6 is 0 Å². The number of hydrogen-bond acceptors (Lipinski definition) is 10. The first kappa shape index (κ1) is 22.7. The van der Waals surface area contributed by atoms with Crippen molar-refractivity contribution in [1.29, 1.82) is 5.26 Å². The van der Waals surface area contributed by atoms with Crippen molar-refractivity contribution in [1.82, 2.24) is 19.9 Å². The van der Waals surface area contributed by atoms with E-state index >= 15 is 0 Å². The Morgan fingerprint density at radius 1 is 1.09 bits per heavy atom. The molecule has 0 atom stereocenters. The van der Waals surface area contributed by atoms with Crippen LogP contribution in [0.4, 0.5) is 23.1 Å². The molecule has 0 unspecified atom stereocenters. The van der Waals surface area contributed by atoms with E-state index in [2.05, 4.69) is 76.8 Å². The zero-order valence-electron chi connectivity index (χ0n) is 20.2. The van der Waals surface area contributed by atoms with E-state index in [1.165, 1.54) is 0 Å². The van der Waals surface area contributed by atoms with Gasteiger partial charge in [0.1, 0.15) is 24.1 Å². The molecule has 2 aromatic rings. The second-order valence-electron chi connectivity index (χ2n) is 10.1. The maximum atomic E-state index is 9.63. The molecule has 1 aromatic heterocycles. The Bertz CT molecular complexity index is 1070. The number of likely N-dealkylation sites (tertiary alicyclic amines) is 1. The molecule has 174 valence electrons. The quantitative estimate of drug-likeness (QED) is 0.702. The number of nitrogens with one attached hydrogen (secondary N) is 2. The van der Waals surface area contributed by atoms with Gasteiger partial charge in [0.05, 0.1) is 11.9 Å². The smallest absolute Gasteiger partial charge is 0.229 e. The highest BCUT2D eigenvalue weighted by atomic mass is 15.8. The minimum atomic E-state index is 0.0295. The molecule has 10 nitrogen and oxygen atoms in total. The van der Waals surface area contributed by atoms with Crippen LogP contribution in [0.3, 0.4) is 0 Å². The number of hydrogen-bond donors (Lipinski definition) is 2. The molecule has 1 aromatic carbocycles. The summed E-state index contributed by atoms with van der Waals surface area (Å²) in [6.07, 6.45) is 3.47. The molecule has 3 heterocycles. The minimum Gasteiger partial charge on any atom is -0.366 e. The topological polar surface area (TPSA) is 108 Å². The van der Waals surface area contributed by atoms with Gasteiger partial charge in [-0.05, 0) is 71.0 Å². The van der Waals surface area contributed by atoms with Gasteiger partial charge in [0.2, 0.25) is 5.95 Å². The molecule has 0 radical (unpaired) electrons. The van der Waals surface area contributed by atoms with Crippen molar-refractivity contribution < 1.29 is 0 Å². The zero-order chi connectivity index (χ0) is 23.8. The third kappa shape index (κ3) is 4.83. The molecular formula is C23H32N10. The molecular weight excluding hydrogens is 416 g/mol. The second kappa shape index (κ2) is 8.48. The van der Waals surface area contributed by atoms with Crippen molar-refractivity contribution >= 4 is 23.1 Å². The lowest BCUT2D eigenvalue weighted by molar-refractivity contribution is -0.00772. The van der Waals surface area contributed by atoms with E-state index < -0.39 is 0 Å². The fourth-order valence-corrected chi connectivity index (χ4v) is 4.67. The molecule has 1 saturated heterocycles. The predicted molar refractivity (Wildman–Crippen MR) is 129 cm³/mol. The molecule has 2 aliphatic rings. The highest BCUT2D eigenvalue weighted by molar-refractivity contribution is 5.63. The maximum absolute atomic E-state index is 9.63. The molecule has 0 spiro atoms. The number of piperidine rings is 1. The lowest BCUT2D eigenvalue weighted by Gasteiger charge is -2.53. The van der Waals surface area contributed by atoms with E-state index in [1.54, 1.807) is 16.2 Å². The van der Waals surface area contributed by atoms with E-state index in [0.29, 0.717) is 24.0 Å². The van der Waals surface area contributed by atoms with Gasteiger partial charge >= 0.3 is 0 Å². The number of benzene rings is 1. The van der Waals surface area contributed by atoms with Gasteiger partial charge in [-0.1, -0.05) is 11.3 Å². The van der Waals surface area contributed by atoms with E-state index in [0.717, 1.165) is 24.2 Å². The summed E-state index contributed by atoms with van der Waals surface area (Å²) in [5, 5.41) is 28.1. The summed E-state index contributed by atoms with van der Waals surface area (Å²) in [6, 6.07) is 10.2. The van der Waals surface area contributed by atoms with Crippen molar-refractivity contribution in [2.75, 3.05) is 36.4 Å². The molecule has 1 fully saturated rings. The van der Waals surface area contributed by atoms with Crippen LogP contribution in [-0.4, -0.2) is 57.8 Å². The lowest BCUT2D eigenvalue weighted by Crippen LogP contribution is -2.61. The largest absolute Gasteiger partial charge is 0.366 e. The molecule has 4 rings (SSSR count). The van der Waals surface area contributed by atoms with Crippen LogP contribution in [0.1, 0.15) is 46.1 Å². The highest BCUT2D eigenvalue weighted by Gasteiger charge is 2.43. The normalized spacial score (nSPS) is 20.0. The Hall–Kier alpha value is -3.45. The van der Waals surface area contributed by atoms with Gasteiger partial charge < -0.3 is 10.6 Å². The van der Waals surface area contributed by atoms with E-state index in [9.17, 15) is 5.26 Å². The summed E-state index contributed by atoms with van der Waals surface area (Å²) in [4.78, 5) is 11.4. The Labute approximate surface area is 195 Å². The molecule has 2 aliphatic heterocycles. The van der Waals surface area contributed by atoms with Crippen LogP contribution in [0.15, 0.2) is 40.9 Å². The SMILES string of the molecule is CN1CN(c2cccc(Nc3ncc(C#N)c(NC4CC(C)(C)N(C)C(C)(C)C4)n3)c2)N=N1. The Morgan fingerprint density at radius 3 is 2.45 bits per heavy atom. The number of aromatic nitrogens is 2. The van der Waals surface area contributed by atoms with Crippen LogP contribution in [0.2, 0.25) is 0 Å². The predicted octanol–water partition coefficient (Wildman–Crippen LogP) is 4.15. The summed E-state index contributed by atoms with van der Waals surface area (Å²) >= 11 is 0.